The Morgan fingerprint density at radius 2 is 2.17 bits per heavy atom. The largest absolute Gasteiger partial charge is 0.345 e. The summed E-state index contributed by atoms with van der Waals surface area (Å²) in [4.78, 5) is 11.0. The molecule has 0 spiro atoms. The van der Waals surface area contributed by atoms with Crippen LogP contribution in [-0.4, -0.2) is 26.1 Å². The van der Waals surface area contributed by atoms with Crippen LogP contribution in [0.2, 0.25) is 0 Å². The molecule has 2 rings (SSSR count). The number of hydrogen-bond acceptors (Lipinski definition) is 4. The van der Waals surface area contributed by atoms with E-state index >= 15 is 0 Å². The van der Waals surface area contributed by atoms with E-state index in [9.17, 15) is 9.18 Å². The lowest BCUT2D eigenvalue weighted by molar-refractivity contribution is -0.116. The molecule has 1 aromatic carbocycles. The third kappa shape index (κ3) is 2.57. The van der Waals surface area contributed by atoms with Crippen LogP contribution in [-0.2, 0) is 11.3 Å². The highest BCUT2D eigenvalue weighted by Crippen LogP contribution is 2.08. The zero-order valence-electron chi connectivity index (χ0n) is 9.38. The molecule has 1 heterocycles. The molecule has 92 valence electrons. The van der Waals surface area contributed by atoms with Crippen molar-refractivity contribution in [3.05, 3.63) is 48.6 Å². The number of carbonyl (C=O) groups excluding carboxylic acids is 1. The molecular formula is C11H10FN5O. The van der Waals surface area contributed by atoms with Crippen LogP contribution in [0.5, 0.6) is 0 Å². The van der Waals surface area contributed by atoms with Gasteiger partial charge in [0, 0.05) is 0 Å². The number of nitrogens with one attached hydrogen (secondary N) is 1. The fraction of sp³-hybridized carbons (Fsp3) is 0.0909. The van der Waals surface area contributed by atoms with Crippen LogP contribution in [0.15, 0.2) is 36.9 Å². The molecule has 0 aliphatic carbocycles. The van der Waals surface area contributed by atoms with Gasteiger partial charge in [0.15, 0.2) is 5.82 Å². The summed E-state index contributed by atoms with van der Waals surface area (Å²) in [6, 6.07) is 5.71. The topological polar surface area (TPSA) is 72.7 Å². The summed E-state index contributed by atoms with van der Waals surface area (Å²) in [5, 5.41) is 13.6. The van der Waals surface area contributed by atoms with Crippen molar-refractivity contribution in [3.8, 4) is 5.69 Å². The van der Waals surface area contributed by atoms with E-state index in [-0.39, 0.29) is 18.3 Å². The van der Waals surface area contributed by atoms with Gasteiger partial charge in [-0.15, -0.1) is 5.10 Å². The van der Waals surface area contributed by atoms with Crippen LogP contribution >= 0.6 is 0 Å². The van der Waals surface area contributed by atoms with Gasteiger partial charge >= 0.3 is 0 Å². The molecule has 0 atom stereocenters. The Bertz CT molecular complexity index is 563. The molecule has 0 aliphatic heterocycles. The second-order valence-corrected chi connectivity index (χ2v) is 3.41. The summed E-state index contributed by atoms with van der Waals surface area (Å²) < 4.78 is 14.2. The van der Waals surface area contributed by atoms with Crippen LogP contribution < -0.4 is 5.32 Å². The quantitative estimate of drug-likeness (QED) is 0.803. The Kier molecular flexibility index (Phi) is 3.42. The van der Waals surface area contributed by atoms with Crippen molar-refractivity contribution in [2.75, 3.05) is 0 Å². The predicted molar refractivity (Wildman–Crippen MR) is 61.2 cm³/mol. The van der Waals surface area contributed by atoms with Gasteiger partial charge in [0.1, 0.15) is 5.82 Å². The van der Waals surface area contributed by atoms with Crippen molar-refractivity contribution in [1.29, 1.82) is 0 Å². The van der Waals surface area contributed by atoms with Gasteiger partial charge in [-0.25, -0.2) is 4.39 Å². The minimum Gasteiger partial charge on any atom is -0.345 e. The molecule has 2 aromatic rings. The molecule has 1 N–H and O–H groups in total. The first kappa shape index (κ1) is 11.9. The first-order valence-corrected chi connectivity index (χ1v) is 5.14. The molecule has 1 amide bonds. The minimum atomic E-state index is -0.340. The number of halogens is 1. The van der Waals surface area contributed by atoms with E-state index in [0.29, 0.717) is 11.5 Å². The van der Waals surface area contributed by atoms with E-state index in [1.54, 1.807) is 12.1 Å². The zero-order valence-corrected chi connectivity index (χ0v) is 9.38. The molecule has 7 heteroatoms. The summed E-state index contributed by atoms with van der Waals surface area (Å²) in [5.41, 5.74) is 0.615. The van der Waals surface area contributed by atoms with Gasteiger partial charge in [0.05, 0.1) is 12.2 Å². The molecule has 1 aromatic heterocycles. The molecular weight excluding hydrogens is 237 g/mol. The van der Waals surface area contributed by atoms with E-state index in [4.69, 9.17) is 0 Å². The highest BCUT2D eigenvalue weighted by atomic mass is 19.1. The monoisotopic (exact) mass is 247 g/mol. The molecule has 6 nitrogen and oxygen atoms in total. The van der Waals surface area contributed by atoms with Crippen LogP contribution in [0, 0.1) is 5.82 Å². The van der Waals surface area contributed by atoms with Crippen LogP contribution in [0.25, 0.3) is 5.69 Å². The van der Waals surface area contributed by atoms with Gasteiger partial charge in [-0.1, -0.05) is 6.58 Å². The lowest BCUT2D eigenvalue weighted by atomic mass is 10.3. The fourth-order valence-corrected chi connectivity index (χ4v) is 1.34. The van der Waals surface area contributed by atoms with Crippen molar-refractivity contribution in [2.45, 2.75) is 6.54 Å². The Morgan fingerprint density at radius 1 is 1.44 bits per heavy atom. The number of aromatic nitrogens is 4. The summed E-state index contributed by atoms with van der Waals surface area (Å²) in [6.07, 6.45) is 1.16. The maximum absolute atomic E-state index is 12.8. The third-order valence-electron chi connectivity index (χ3n) is 2.21. The first-order chi connectivity index (χ1) is 8.70. The molecule has 0 saturated carbocycles. The molecule has 0 saturated heterocycles. The van der Waals surface area contributed by atoms with Crippen LogP contribution in [0.4, 0.5) is 4.39 Å². The summed E-state index contributed by atoms with van der Waals surface area (Å²) >= 11 is 0. The smallest absolute Gasteiger partial charge is 0.243 e. The van der Waals surface area contributed by atoms with Crippen LogP contribution in [0.1, 0.15) is 5.82 Å². The number of benzene rings is 1. The van der Waals surface area contributed by atoms with Crippen molar-refractivity contribution in [2.24, 2.45) is 0 Å². The molecule has 0 fully saturated rings. The van der Waals surface area contributed by atoms with Gasteiger partial charge in [-0.2, -0.15) is 4.68 Å². The maximum atomic E-state index is 12.8. The average molecular weight is 247 g/mol. The SMILES string of the molecule is C=CC(=O)NCc1nnnn1-c1ccc(F)cc1. The van der Waals surface area contributed by atoms with E-state index in [1.165, 1.54) is 16.8 Å². The van der Waals surface area contributed by atoms with Crippen molar-refractivity contribution in [3.63, 3.8) is 0 Å². The number of nitrogens with zero attached hydrogens (tertiary/aromatic N) is 4. The molecule has 0 unspecified atom stereocenters. The summed E-state index contributed by atoms with van der Waals surface area (Å²) in [7, 11) is 0. The standard InChI is InChI=1S/C11H10FN5O/c1-2-11(18)13-7-10-14-15-16-17(10)9-5-3-8(12)4-6-9/h2-6H,1,7H2,(H,13,18). The van der Waals surface area contributed by atoms with Crippen LogP contribution in [0.3, 0.4) is 0 Å². The third-order valence-corrected chi connectivity index (χ3v) is 2.21. The first-order valence-electron chi connectivity index (χ1n) is 5.14. The number of rotatable bonds is 4. The number of hydrogen-bond donors (Lipinski definition) is 1. The normalized spacial score (nSPS) is 10.1. The predicted octanol–water partition coefficient (Wildman–Crippen LogP) is 0.604. The van der Waals surface area contributed by atoms with Crippen molar-refractivity contribution >= 4 is 5.91 Å². The second-order valence-electron chi connectivity index (χ2n) is 3.41. The number of amides is 1. The highest BCUT2D eigenvalue weighted by Gasteiger charge is 2.08. The van der Waals surface area contributed by atoms with E-state index in [2.05, 4.69) is 27.4 Å². The highest BCUT2D eigenvalue weighted by molar-refractivity contribution is 5.86. The average Bonchev–Trinajstić information content (AvgIpc) is 2.85. The second kappa shape index (κ2) is 5.17. The van der Waals surface area contributed by atoms with Gasteiger partial charge in [0.25, 0.3) is 0 Å². The molecule has 18 heavy (non-hydrogen) atoms. The van der Waals surface area contributed by atoms with Gasteiger partial charge in [0.2, 0.25) is 5.91 Å². The van der Waals surface area contributed by atoms with E-state index in [0.717, 1.165) is 6.08 Å². The number of tetrazole rings is 1. The number of carbonyl (C=O) groups is 1. The summed E-state index contributed by atoms with van der Waals surface area (Å²) in [6.45, 7) is 3.50. The van der Waals surface area contributed by atoms with E-state index in [1.807, 2.05) is 0 Å². The summed E-state index contributed by atoms with van der Waals surface area (Å²) in [5.74, 6) is -0.214. The molecule has 0 radical (unpaired) electrons. The minimum absolute atomic E-state index is 0.162. The lowest BCUT2D eigenvalue weighted by Crippen LogP contribution is -2.22. The van der Waals surface area contributed by atoms with Gasteiger partial charge < -0.3 is 5.32 Å². The Morgan fingerprint density at radius 3 is 2.83 bits per heavy atom. The Balaban J connectivity index is 2.19. The maximum Gasteiger partial charge on any atom is 0.243 e. The Hall–Kier alpha value is -2.57. The Labute approximate surface area is 102 Å². The van der Waals surface area contributed by atoms with Gasteiger partial charge in [-0.05, 0) is 40.8 Å². The molecule has 0 aliphatic rings. The zero-order chi connectivity index (χ0) is 13.0. The van der Waals surface area contributed by atoms with Gasteiger partial charge in [-0.3, -0.25) is 4.79 Å². The molecule has 0 bridgehead atoms. The van der Waals surface area contributed by atoms with Crippen molar-refractivity contribution < 1.29 is 9.18 Å². The van der Waals surface area contributed by atoms with E-state index < -0.39 is 0 Å². The fourth-order valence-electron chi connectivity index (χ4n) is 1.34. The lowest BCUT2D eigenvalue weighted by Gasteiger charge is -2.04. The van der Waals surface area contributed by atoms with Crippen molar-refractivity contribution in [1.82, 2.24) is 25.5 Å².